The molecule has 2 aliphatic rings. The minimum absolute atomic E-state index is 0.309. The second kappa shape index (κ2) is 13.2. The number of fused-ring (bicyclic) bond motifs is 1. The fourth-order valence-electron chi connectivity index (χ4n) is 4.90. The van der Waals surface area contributed by atoms with Crippen LogP contribution < -0.4 is 14.4 Å². The highest BCUT2D eigenvalue weighted by atomic mass is 32.2. The van der Waals surface area contributed by atoms with Crippen molar-refractivity contribution in [1.29, 1.82) is 0 Å². The van der Waals surface area contributed by atoms with Gasteiger partial charge in [0, 0.05) is 60.7 Å². The second-order valence-corrected chi connectivity index (χ2v) is 11.8. The molecule has 1 atom stereocenters. The molecule has 1 saturated heterocycles. The average Bonchev–Trinajstić information content (AvgIpc) is 3.03. The minimum atomic E-state index is -3.79. The Morgan fingerprint density at radius 2 is 1.69 bits per heavy atom. The molecule has 9 nitrogen and oxygen atoms in total. The molecule has 0 radical (unpaired) electrons. The minimum Gasteiger partial charge on any atom is -0.492 e. The molecule has 2 aliphatic heterocycles. The summed E-state index contributed by atoms with van der Waals surface area (Å²) in [6.45, 7) is 4.39. The Bertz CT molecular complexity index is 1600. The summed E-state index contributed by atoms with van der Waals surface area (Å²) in [6.07, 6.45) is 0.765. The average molecular weight is 587 g/mol. The number of carbonyl (C=O) groups is 1. The van der Waals surface area contributed by atoms with Crippen LogP contribution in [0.3, 0.4) is 0 Å². The van der Waals surface area contributed by atoms with Crippen molar-refractivity contribution in [1.82, 2.24) is 9.03 Å². The van der Waals surface area contributed by atoms with E-state index in [4.69, 9.17) is 9.73 Å². The van der Waals surface area contributed by atoms with Gasteiger partial charge in [-0.25, -0.2) is 0 Å². The van der Waals surface area contributed by atoms with Gasteiger partial charge in [-0.15, -0.1) is 0 Å². The van der Waals surface area contributed by atoms with E-state index in [1.807, 2.05) is 60.7 Å². The Labute approximate surface area is 247 Å². The summed E-state index contributed by atoms with van der Waals surface area (Å²) in [7, 11) is -2.56. The third kappa shape index (κ3) is 7.18. The summed E-state index contributed by atoms with van der Waals surface area (Å²) in [5, 5.41) is 0. The number of piperazine rings is 1. The first-order valence-corrected chi connectivity index (χ1v) is 15.3. The van der Waals surface area contributed by atoms with Crippen LogP contribution >= 0.6 is 0 Å². The van der Waals surface area contributed by atoms with Crippen LogP contribution in [-0.4, -0.2) is 70.3 Å². The van der Waals surface area contributed by atoms with Gasteiger partial charge in [0.25, 0.3) is 10.2 Å². The van der Waals surface area contributed by atoms with Crippen molar-refractivity contribution >= 4 is 27.6 Å². The summed E-state index contributed by atoms with van der Waals surface area (Å²) >= 11 is 0. The SMILES string of the molecule is COC(=O)[C@@H](C)NS(=O)(=O)N1CCN(c2ccc(C#Cc3ccc4c(c3)/C(=N\Cc3ccccc3)CCO4)cc2)CC1. The Hall–Kier alpha value is -4.17. The van der Waals surface area contributed by atoms with Crippen molar-refractivity contribution in [2.75, 3.05) is 44.8 Å². The maximum atomic E-state index is 12.6. The molecular formula is C32H34N4O5S. The number of benzene rings is 3. The van der Waals surface area contributed by atoms with Crippen LogP contribution in [0.25, 0.3) is 0 Å². The van der Waals surface area contributed by atoms with Gasteiger partial charge in [-0.2, -0.15) is 17.4 Å². The van der Waals surface area contributed by atoms with E-state index in [0.717, 1.165) is 40.3 Å². The zero-order chi connectivity index (χ0) is 29.5. The van der Waals surface area contributed by atoms with Crippen LogP contribution in [0.4, 0.5) is 5.69 Å². The fourth-order valence-corrected chi connectivity index (χ4v) is 6.23. The number of ether oxygens (including phenoxy) is 2. The summed E-state index contributed by atoms with van der Waals surface area (Å²) in [6, 6.07) is 23.2. The molecule has 3 aromatic carbocycles. The molecule has 0 unspecified atom stereocenters. The lowest BCUT2D eigenvalue weighted by Crippen LogP contribution is -2.54. The van der Waals surface area contributed by atoms with E-state index in [2.05, 4.69) is 38.3 Å². The van der Waals surface area contributed by atoms with E-state index in [-0.39, 0.29) is 0 Å². The van der Waals surface area contributed by atoms with Crippen LogP contribution in [0, 0.1) is 11.8 Å². The first-order valence-electron chi connectivity index (χ1n) is 13.9. The lowest BCUT2D eigenvalue weighted by molar-refractivity contribution is -0.142. The number of hydrogen-bond donors (Lipinski definition) is 1. The van der Waals surface area contributed by atoms with Gasteiger partial charge < -0.3 is 14.4 Å². The van der Waals surface area contributed by atoms with Crippen LogP contribution in [-0.2, 0) is 26.3 Å². The lowest BCUT2D eigenvalue weighted by Gasteiger charge is -2.35. The van der Waals surface area contributed by atoms with E-state index >= 15 is 0 Å². The summed E-state index contributed by atoms with van der Waals surface area (Å²) < 4.78 is 39.5. The second-order valence-electron chi connectivity index (χ2n) is 10.1. The van der Waals surface area contributed by atoms with E-state index in [0.29, 0.717) is 39.3 Å². The van der Waals surface area contributed by atoms with Crippen molar-refractivity contribution in [2.24, 2.45) is 4.99 Å². The van der Waals surface area contributed by atoms with Crippen molar-refractivity contribution in [3.8, 4) is 17.6 Å². The van der Waals surface area contributed by atoms with Crippen molar-refractivity contribution in [3.05, 3.63) is 95.1 Å². The highest BCUT2D eigenvalue weighted by molar-refractivity contribution is 7.87. The van der Waals surface area contributed by atoms with Gasteiger partial charge >= 0.3 is 5.97 Å². The van der Waals surface area contributed by atoms with E-state index in [1.165, 1.54) is 23.9 Å². The largest absolute Gasteiger partial charge is 0.492 e. The molecule has 0 bridgehead atoms. The zero-order valence-corrected chi connectivity index (χ0v) is 24.6. The number of esters is 1. The Morgan fingerprint density at radius 1 is 1.00 bits per heavy atom. The predicted octanol–water partition coefficient (Wildman–Crippen LogP) is 3.38. The highest BCUT2D eigenvalue weighted by Crippen LogP contribution is 2.27. The van der Waals surface area contributed by atoms with Crippen molar-refractivity contribution in [2.45, 2.75) is 25.9 Å². The number of nitrogens with one attached hydrogen (secondary N) is 1. The number of carbonyl (C=O) groups excluding carboxylic acids is 1. The highest BCUT2D eigenvalue weighted by Gasteiger charge is 2.30. The topological polar surface area (TPSA) is 101 Å². The number of nitrogens with zero attached hydrogens (tertiary/aromatic N) is 3. The molecule has 1 N–H and O–H groups in total. The van der Waals surface area contributed by atoms with Gasteiger partial charge in [0.05, 0.1) is 20.3 Å². The molecule has 10 heteroatoms. The Balaban J connectivity index is 1.21. The third-order valence-electron chi connectivity index (χ3n) is 7.22. The zero-order valence-electron chi connectivity index (χ0n) is 23.7. The van der Waals surface area contributed by atoms with Gasteiger partial charge in [-0.1, -0.05) is 42.2 Å². The quantitative estimate of drug-likeness (QED) is 0.337. The predicted molar refractivity (Wildman–Crippen MR) is 163 cm³/mol. The number of rotatable bonds is 7. The molecule has 3 aromatic rings. The van der Waals surface area contributed by atoms with E-state index < -0.39 is 22.2 Å². The van der Waals surface area contributed by atoms with Crippen LogP contribution in [0.2, 0.25) is 0 Å². The van der Waals surface area contributed by atoms with Crippen LogP contribution in [0.5, 0.6) is 5.75 Å². The monoisotopic (exact) mass is 586 g/mol. The van der Waals surface area contributed by atoms with Gasteiger partial charge in [0.1, 0.15) is 11.8 Å². The van der Waals surface area contributed by atoms with Crippen molar-refractivity contribution < 1.29 is 22.7 Å². The molecule has 2 heterocycles. The molecule has 0 saturated carbocycles. The summed E-state index contributed by atoms with van der Waals surface area (Å²) in [5.74, 6) is 6.73. The molecule has 5 rings (SSSR count). The Kier molecular flexibility index (Phi) is 9.22. The molecule has 0 amide bonds. The molecular weight excluding hydrogens is 552 g/mol. The molecule has 0 aliphatic carbocycles. The van der Waals surface area contributed by atoms with Crippen molar-refractivity contribution in [3.63, 3.8) is 0 Å². The molecule has 1 fully saturated rings. The maximum absolute atomic E-state index is 12.6. The standard InChI is InChI=1S/C32H34N4O5S/c1-24(32(37)40-2)34-42(38,39)36-19-17-35(18-20-36)28-13-10-25(11-14-28)8-9-26-12-15-31-29(22-26)30(16-21-41-31)33-23-27-6-4-3-5-7-27/h3-7,10-15,22,24,34H,16-21,23H2,1-2H3/b33-30-/t24-/m1/s1. The smallest absolute Gasteiger partial charge is 0.323 e. The lowest BCUT2D eigenvalue weighted by atomic mass is 10.0. The van der Waals surface area contributed by atoms with Gasteiger partial charge in [0.2, 0.25) is 0 Å². The van der Waals surface area contributed by atoms with E-state index in [9.17, 15) is 13.2 Å². The molecule has 218 valence electrons. The van der Waals surface area contributed by atoms with Gasteiger partial charge in [-0.3, -0.25) is 9.79 Å². The third-order valence-corrected chi connectivity index (χ3v) is 8.92. The van der Waals surface area contributed by atoms with Gasteiger partial charge in [-0.05, 0) is 55.0 Å². The van der Waals surface area contributed by atoms with Crippen LogP contribution in [0.15, 0.2) is 77.8 Å². The number of aliphatic imine (C=N–C) groups is 1. The van der Waals surface area contributed by atoms with E-state index in [1.54, 1.807) is 0 Å². The fraction of sp³-hybridized carbons (Fsp3) is 0.312. The first-order chi connectivity index (χ1) is 20.3. The van der Waals surface area contributed by atoms with Gasteiger partial charge in [0.15, 0.2) is 0 Å². The maximum Gasteiger partial charge on any atom is 0.323 e. The normalized spacial score (nSPS) is 17.0. The number of hydrogen-bond acceptors (Lipinski definition) is 7. The Morgan fingerprint density at radius 3 is 2.40 bits per heavy atom. The summed E-state index contributed by atoms with van der Waals surface area (Å²) in [5.41, 5.74) is 5.98. The molecule has 42 heavy (non-hydrogen) atoms. The van der Waals surface area contributed by atoms with Crippen LogP contribution in [0.1, 0.15) is 35.6 Å². The summed E-state index contributed by atoms with van der Waals surface area (Å²) in [4.78, 5) is 18.6. The first kappa shape index (κ1) is 29.3. The molecule has 0 spiro atoms. The molecule has 0 aromatic heterocycles. The number of methoxy groups -OCH3 is 1. The number of anilines is 1.